The zero-order valence-corrected chi connectivity index (χ0v) is 13.0. The molecule has 0 fully saturated rings. The molecule has 0 amide bonds. The number of aromatic nitrogens is 1. The van der Waals surface area contributed by atoms with Gasteiger partial charge in [0.2, 0.25) is 0 Å². The second-order valence-corrected chi connectivity index (χ2v) is 6.05. The van der Waals surface area contributed by atoms with Crippen LogP contribution in [0.15, 0.2) is 60.8 Å². The van der Waals surface area contributed by atoms with Gasteiger partial charge >= 0.3 is 0 Å². The van der Waals surface area contributed by atoms with Gasteiger partial charge in [0.1, 0.15) is 0 Å². The van der Waals surface area contributed by atoms with Gasteiger partial charge in [-0.1, -0.05) is 24.3 Å². The third kappa shape index (κ3) is 2.99. The molecule has 0 radical (unpaired) electrons. The first-order valence-corrected chi connectivity index (χ1v) is 7.57. The molecule has 0 aliphatic carbocycles. The number of pyridine rings is 1. The molecule has 1 N–H and O–H groups in total. The monoisotopic (exact) mass is 375 g/mol. The molecule has 1 aromatic heterocycles. The molecule has 2 nitrogen and oxygen atoms in total. The maximum Gasteiger partial charge on any atom is 0.0830 e. The molecule has 0 bridgehead atoms. The molecular weight excluding hydrogens is 361 g/mol. The van der Waals surface area contributed by atoms with E-state index < -0.39 is 6.10 Å². The van der Waals surface area contributed by atoms with Gasteiger partial charge in [0.05, 0.1) is 11.6 Å². The first-order chi connectivity index (χ1) is 9.72. The Balaban J connectivity index is 1.84. The van der Waals surface area contributed by atoms with E-state index in [2.05, 4.69) is 51.8 Å². The number of nitrogens with zero attached hydrogens (tertiary/aromatic N) is 1. The minimum atomic E-state index is -0.486. The Morgan fingerprint density at radius 1 is 1.05 bits per heavy atom. The number of hydrogen-bond donors (Lipinski definition) is 1. The van der Waals surface area contributed by atoms with Gasteiger partial charge in [0, 0.05) is 21.6 Å². The lowest BCUT2D eigenvalue weighted by molar-refractivity contribution is 0.178. The molecule has 0 saturated heterocycles. The summed E-state index contributed by atoms with van der Waals surface area (Å²) >= 11 is 2.28. The van der Waals surface area contributed by atoms with Gasteiger partial charge in [-0.15, -0.1) is 0 Å². The van der Waals surface area contributed by atoms with Gasteiger partial charge < -0.3 is 5.11 Å². The molecule has 3 aromatic rings. The number of aliphatic hydroxyl groups excluding tert-OH is 1. The van der Waals surface area contributed by atoms with Crippen LogP contribution in [0.25, 0.3) is 10.9 Å². The summed E-state index contributed by atoms with van der Waals surface area (Å²) in [5.41, 5.74) is 3.03. The Kier molecular flexibility index (Phi) is 3.98. The van der Waals surface area contributed by atoms with Crippen molar-refractivity contribution in [2.75, 3.05) is 0 Å². The summed E-state index contributed by atoms with van der Waals surface area (Å²) in [5.74, 6) is 0. The van der Waals surface area contributed by atoms with Crippen LogP contribution >= 0.6 is 22.6 Å². The standard InChI is InChI=1S/C17H14INO/c18-15-6-3-12(4-7-15)10-17(20)14-5-8-16-13(11-14)2-1-9-19-16/h1-9,11,17,20H,10H2. The molecule has 0 aliphatic heterocycles. The highest BCUT2D eigenvalue weighted by atomic mass is 127. The maximum atomic E-state index is 10.4. The molecule has 2 aromatic carbocycles. The van der Waals surface area contributed by atoms with Crippen molar-refractivity contribution in [2.24, 2.45) is 0 Å². The van der Waals surface area contributed by atoms with E-state index in [-0.39, 0.29) is 0 Å². The van der Waals surface area contributed by atoms with Crippen molar-refractivity contribution >= 4 is 33.5 Å². The number of fused-ring (bicyclic) bond motifs is 1. The zero-order valence-electron chi connectivity index (χ0n) is 10.8. The average molecular weight is 375 g/mol. The van der Waals surface area contributed by atoms with E-state index in [0.29, 0.717) is 6.42 Å². The molecule has 3 rings (SSSR count). The van der Waals surface area contributed by atoms with Gasteiger partial charge in [-0.05, 0) is 64.0 Å². The van der Waals surface area contributed by atoms with Crippen LogP contribution in [0, 0.1) is 3.57 Å². The lowest BCUT2D eigenvalue weighted by atomic mass is 10.00. The number of rotatable bonds is 3. The highest BCUT2D eigenvalue weighted by Gasteiger charge is 2.09. The van der Waals surface area contributed by atoms with Crippen LogP contribution < -0.4 is 0 Å². The second-order valence-electron chi connectivity index (χ2n) is 4.80. The van der Waals surface area contributed by atoms with E-state index in [1.807, 2.05) is 30.3 Å². The number of benzene rings is 2. The topological polar surface area (TPSA) is 33.1 Å². The van der Waals surface area contributed by atoms with Crippen LogP contribution in [-0.4, -0.2) is 10.1 Å². The second kappa shape index (κ2) is 5.89. The Labute approximate surface area is 131 Å². The normalized spacial score (nSPS) is 12.5. The van der Waals surface area contributed by atoms with Gasteiger partial charge in [0.25, 0.3) is 0 Å². The minimum absolute atomic E-state index is 0.486. The number of hydrogen-bond acceptors (Lipinski definition) is 2. The van der Waals surface area contributed by atoms with Gasteiger partial charge in [-0.2, -0.15) is 0 Å². The van der Waals surface area contributed by atoms with Crippen molar-refractivity contribution in [1.29, 1.82) is 0 Å². The summed E-state index contributed by atoms with van der Waals surface area (Å²) in [6.07, 6.45) is 1.92. The Morgan fingerprint density at radius 2 is 1.85 bits per heavy atom. The molecule has 1 unspecified atom stereocenters. The van der Waals surface area contributed by atoms with Gasteiger partial charge in [-0.3, -0.25) is 4.98 Å². The van der Waals surface area contributed by atoms with Crippen LogP contribution in [0.2, 0.25) is 0 Å². The first-order valence-electron chi connectivity index (χ1n) is 6.49. The van der Waals surface area contributed by atoms with E-state index in [0.717, 1.165) is 22.0 Å². The van der Waals surface area contributed by atoms with Crippen LogP contribution in [0.3, 0.4) is 0 Å². The van der Waals surface area contributed by atoms with Crippen molar-refractivity contribution in [3.05, 3.63) is 75.5 Å². The molecule has 1 atom stereocenters. The largest absolute Gasteiger partial charge is 0.388 e. The van der Waals surface area contributed by atoms with Crippen LogP contribution in [-0.2, 0) is 6.42 Å². The van der Waals surface area contributed by atoms with Crippen molar-refractivity contribution in [2.45, 2.75) is 12.5 Å². The van der Waals surface area contributed by atoms with Gasteiger partial charge in [0.15, 0.2) is 0 Å². The molecule has 0 aliphatic rings. The Morgan fingerprint density at radius 3 is 2.65 bits per heavy atom. The third-order valence-corrected chi connectivity index (χ3v) is 4.07. The SMILES string of the molecule is OC(Cc1ccc(I)cc1)c1ccc2ncccc2c1. The fraction of sp³-hybridized carbons (Fsp3) is 0.118. The van der Waals surface area contributed by atoms with Crippen LogP contribution in [0.4, 0.5) is 0 Å². The molecule has 1 heterocycles. The molecule has 100 valence electrons. The number of halogens is 1. The highest BCUT2D eigenvalue weighted by molar-refractivity contribution is 14.1. The summed E-state index contributed by atoms with van der Waals surface area (Å²) < 4.78 is 1.21. The summed E-state index contributed by atoms with van der Waals surface area (Å²) in [6, 6.07) is 18.1. The van der Waals surface area contributed by atoms with Crippen molar-refractivity contribution in [3.63, 3.8) is 0 Å². The molecule has 20 heavy (non-hydrogen) atoms. The number of aliphatic hydroxyl groups is 1. The van der Waals surface area contributed by atoms with E-state index in [9.17, 15) is 5.11 Å². The summed E-state index contributed by atoms with van der Waals surface area (Å²) in [5, 5.41) is 11.4. The molecule has 3 heteroatoms. The quantitative estimate of drug-likeness (QED) is 0.699. The molecule has 0 saturated carbocycles. The van der Waals surface area contributed by atoms with E-state index in [1.54, 1.807) is 6.20 Å². The van der Waals surface area contributed by atoms with E-state index in [1.165, 1.54) is 3.57 Å². The highest BCUT2D eigenvalue weighted by Crippen LogP contribution is 2.22. The van der Waals surface area contributed by atoms with Crippen LogP contribution in [0.5, 0.6) is 0 Å². The third-order valence-electron chi connectivity index (χ3n) is 3.35. The lowest BCUT2D eigenvalue weighted by Crippen LogP contribution is -2.01. The zero-order chi connectivity index (χ0) is 13.9. The lowest BCUT2D eigenvalue weighted by Gasteiger charge is -2.12. The van der Waals surface area contributed by atoms with E-state index >= 15 is 0 Å². The molecular formula is C17H14INO. The Bertz CT molecular complexity index is 724. The summed E-state index contributed by atoms with van der Waals surface area (Å²) in [6.45, 7) is 0. The van der Waals surface area contributed by atoms with Crippen molar-refractivity contribution in [3.8, 4) is 0 Å². The fourth-order valence-corrected chi connectivity index (χ4v) is 2.62. The maximum absolute atomic E-state index is 10.4. The van der Waals surface area contributed by atoms with Gasteiger partial charge in [-0.25, -0.2) is 0 Å². The summed E-state index contributed by atoms with van der Waals surface area (Å²) in [4.78, 5) is 4.29. The van der Waals surface area contributed by atoms with Crippen molar-refractivity contribution in [1.82, 2.24) is 4.98 Å². The van der Waals surface area contributed by atoms with Crippen LogP contribution in [0.1, 0.15) is 17.2 Å². The predicted molar refractivity (Wildman–Crippen MR) is 89.6 cm³/mol. The molecule has 0 spiro atoms. The minimum Gasteiger partial charge on any atom is -0.388 e. The fourth-order valence-electron chi connectivity index (χ4n) is 2.26. The van der Waals surface area contributed by atoms with Crippen molar-refractivity contribution < 1.29 is 5.11 Å². The summed E-state index contributed by atoms with van der Waals surface area (Å²) in [7, 11) is 0. The smallest absolute Gasteiger partial charge is 0.0830 e. The Hall–Kier alpha value is -1.46. The first kappa shape index (κ1) is 13.5. The predicted octanol–water partition coefficient (Wildman–Crippen LogP) is 4.12. The average Bonchev–Trinajstić information content (AvgIpc) is 2.49. The van der Waals surface area contributed by atoms with E-state index in [4.69, 9.17) is 0 Å².